The summed E-state index contributed by atoms with van der Waals surface area (Å²) in [5, 5.41) is 3.42. The molecule has 0 atom stereocenters. The lowest BCUT2D eigenvalue weighted by atomic mass is 9.82. The Morgan fingerprint density at radius 2 is 1.75 bits per heavy atom. The second-order valence-electron chi connectivity index (χ2n) is 3.93. The number of rotatable bonds is 4. The SMILES string of the molecule is CCNCC1CCC(CN)CC1. The zero-order valence-corrected chi connectivity index (χ0v) is 8.18. The molecule has 1 aliphatic rings. The maximum absolute atomic E-state index is 5.63. The highest BCUT2D eigenvalue weighted by molar-refractivity contribution is 4.74. The third-order valence-electron chi connectivity index (χ3n) is 2.98. The molecule has 1 fully saturated rings. The van der Waals surface area contributed by atoms with Crippen molar-refractivity contribution in [3.05, 3.63) is 0 Å². The highest BCUT2D eigenvalue weighted by Crippen LogP contribution is 2.27. The molecule has 0 unspecified atom stereocenters. The number of nitrogens with two attached hydrogens (primary N) is 1. The fourth-order valence-corrected chi connectivity index (χ4v) is 2.02. The van der Waals surface area contributed by atoms with Gasteiger partial charge in [0, 0.05) is 0 Å². The van der Waals surface area contributed by atoms with Crippen molar-refractivity contribution in [2.75, 3.05) is 19.6 Å². The standard InChI is InChI=1S/C10H22N2/c1-2-12-8-10-5-3-9(7-11)4-6-10/h9-10,12H,2-8,11H2,1H3. The van der Waals surface area contributed by atoms with Crippen molar-refractivity contribution < 1.29 is 0 Å². The fourth-order valence-electron chi connectivity index (χ4n) is 2.02. The van der Waals surface area contributed by atoms with Gasteiger partial charge in [0.2, 0.25) is 0 Å². The van der Waals surface area contributed by atoms with Gasteiger partial charge in [0.05, 0.1) is 0 Å². The van der Waals surface area contributed by atoms with Crippen molar-refractivity contribution in [3.8, 4) is 0 Å². The lowest BCUT2D eigenvalue weighted by Gasteiger charge is -2.27. The smallest absolute Gasteiger partial charge is 0.00206 e. The second kappa shape index (κ2) is 5.55. The van der Waals surface area contributed by atoms with Crippen LogP contribution in [-0.4, -0.2) is 19.6 Å². The third-order valence-corrected chi connectivity index (χ3v) is 2.98. The van der Waals surface area contributed by atoms with Crippen molar-refractivity contribution in [2.45, 2.75) is 32.6 Å². The average Bonchev–Trinajstić information content (AvgIpc) is 2.15. The third kappa shape index (κ3) is 3.11. The minimum atomic E-state index is 0.822. The molecular formula is C10H22N2. The largest absolute Gasteiger partial charge is 0.330 e. The first-order chi connectivity index (χ1) is 5.86. The van der Waals surface area contributed by atoms with Crippen LogP contribution in [0.25, 0.3) is 0 Å². The highest BCUT2D eigenvalue weighted by atomic mass is 14.8. The number of hydrogen-bond donors (Lipinski definition) is 2. The van der Waals surface area contributed by atoms with E-state index in [0.717, 1.165) is 24.9 Å². The van der Waals surface area contributed by atoms with Crippen LogP contribution in [0.15, 0.2) is 0 Å². The summed E-state index contributed by atoms with van der Waals surface area (Å²) in [6.07, 6.45) is 5.48. The van der Waals surface area contributed by atoms with Crippen LogP contribution in [0.5, 0.6) is 0 Å². The van der Waals surface area contributed by atoms with Crippen LogP contribution in [0.3, 0.4) is 0 Å². The summed E-state index contributed by atoms with van der Waals surface area (Å²) in [6, 6.07) is 0. The van der Waals surface area contributed by atoms with Crippen molar-refractivity contribution in [2.24, 2.45) is 17.6 Å². The van der Waals surface area contributed by atoms with E-state index >= 15 is 0 Å². The van der Waals surface area contributed by atoms with Gasteiger partial charge in [-0.05, 0) is 57.2 Å². The molecule has 0 radical (unpaired) electrons. The van der Waals surface area contributed by atoms with Gasteiger partial charge in [-0.3, -0.25) is 0 Å². The van der Waals surface area contributed by atoms with E-state index in [4.69, 9.17) is 5.73 Å². The van der Waals surface area contributed by atoms with Gasteiger partial charge in [-0.25, -0.2) is 0 Å². The van der Waals surface area contributed by atoms with Crippen LogP contribution in [-0.2, 0) is 0 Å². The summed E-state index contributed by atoms with van der Waals surface area (Å²) >= 11 is 0. The van der Waals surface area contributed by atoms with Crippen molar-refractivity contribution >= 4 is 0 Å². The van der Waals surface area contributed by atoms with Crippen LogP contribution in [0, 0.1) is 11.8 Å². The molecule has 0 saturated heterocycles. The van der Waals surface area contributed by atoms with E-state index in [2.05, 4.69) is 12.2 Å². The maximum atomic E-state index is 5.63. The van der Waals surface area contributed by atoms with E-state index < -0.39 is 0 Å². The minimum Gasteiger partial charge on any atom is -0.330 e. The summed E-state index contributed by atoms with van der Waals surface area (Å²) in [7, 11) is 0. The van der Waals surface area contributed by atoms with Crippen LogP contribution < -0.4 is 11.1 Å². The van der Waals surface area contributed by atoms with Gasteiger partial charge in [0.15, 0.2) is 0 Å². The van der Waals surface area contributed by atoms with E-state index in [1.165, 1.54) is 32.2 Å². The number of hydrogen-bond acceptors (Lipinski definition) is 2. The molecule has 2 nitrogen and oxygen atoms in total. The predicted molar refractivity (Wildman–Crippen MR) is 53.0 cm³/mol. The Labute approximate surface area is 75.9 Å². The molecule has 1 aliphatic carbocycles. The predicted octanol–water partition coefficient (Wildman–Crippen LogP) is 1.36. The zero-order valence-electron chi connectivity index (χ0n) is 8.18. The van der Waals surface area contributed by atoms with Gasteiger partial charge in [0.25, 0.3) is 0 Å². The molecule has 2 heteroatoms. The monoisotopic (exact) mass is 170 g/mol. The average molecular weight is 170 g/mol. The van der Waals surface area contributed by atoms with Crippen LogP contribution in [0.4, 0.5) is 0 Å². The lowest BCUT2D eigenvalue weighted by Crippen LogP contribution is -2.28. The summed E-state index contributed by atoms with van der Waals surface area (Å²) in [5.74, 6) is 1.75. The van der Waals surface area contributed by atoms with E-state index in [9.17, 15) is 0 Å². The lowest BCUT2D eigenvalue weighted by molar-refractivity contribution is 0.273. The van der Waals surface area contributed by atoms with Gasteiger partial charge in [-0.1, -0.05) is 6.92 Å². The van der Waals surface area contributed by atoms with Crippen molar-refractivity contribution in [1.29, 1.82) is 0 Å². The van der Waals surface area contributed by atoms with Gasteiger partial charge >= 0.3 is 0 Å². The van der Waals surface area contributed by atoms with Crippen LogP contribution in [0.1, 0.15) is 32.6 Å². The highest BCUT2D eigenvalue weighted by Gasteiger charge is 2.19. The molecule has 0 spiro atoms. The summed E-state index contributed by atoms with van der Waals surface area (Å²) in [4.78, 5) is 0. The molecular weight excluding hydrogens is 148 g/mol. The molecule has 0 aromatic carbocycles. The maximum Gasteiger partial charge on any atom is -0.00206 e. The van der Waals surface area contributed by atoms with Gasteiger partial charge in [0.1, 0.15) is 0 Å². The molecule has 0 aliphatic heterocycles. The zero-order chi connectivity index (χ0) is 8.81. The summed E-state index contributed by atoms with van der Waals surface area (Å²) in [6.45, 7) is 5.39. The quantitative estimate of drug-likeness (QED) is 0.668. The van der Waals surface area contributed by atoms with E-state index in [1.807, 2.05) is 0 Å². The first kappa shape index (κ1) is 10.0. The van der Waals surface area contributed by atoms with E-state index in [0.29, 0.717) is 0 Å². The Hall–Kier alpha value is -0.0800. The Balaban J connectivity index is 2.09. The van der Waals surface area contributed by atoms with Crippen molar-refractivity contribution in [3.63, 3.8) is 0 Å². The summed E-state index contributed by atoms with van der Waals surface area (Å²) in [5.41, 5.74) is 5.63. The van der Waals surface area contributed by atoms with Crippen molar-refractivity contribution in [1.82, 2.24) is 5.32 Å². The molecule has 0 amide bonds. The van der Waals surface area contributed by atoms with Crippen LogP contribution >= 0.6 is 0 Å². The topological polar surface area (TPSA) is 38.0 Å². The molecule has 72 valence electrons. The van der Waals surface area contributed by atoms with Crippen LogP contribution in [0.2, 0.25) is 0 Å². The molecule has 12 heavy (non-hydrogen) atoms. The Bertz CT molecular complexity index is 106. The number of nitrogens with one attached hydrogen (secondary N) is 1. The molecule has 0 aromatic heterocycles. The molecule has 0 bridgehead atoms. The molecule has 1 rings (SSSR count). The Morgan fingerprint density at radius 3 is 2.25 bits per heavy atom. The Morgan fingerprint density at radius 1 is 1.17 bits per heavy atom. The first-order valence-corrected chi connectivity index (χ1v) is 5.27. The first-order valence-electron chi connectivity index (χ1n) is 5.27. The van der Waals surface area contributed by atoms with Gasteiger partial charge < -0.3 is 11.1 Å². The van der Waals surface area contributed by atoms with E-state index in [-0.39, 0.29) is 0 Å². The van der Waals surface area contributed by atoms with E-state index in [1.54, 1.807) is 0 Å². The fraction of sp³-hybridized carbons (Fsp3) is 1.00. The van der Waals surface area contributed by atoms with Gasteiger partial charge in [-0.15, -0.1) is 0 Å². The normalized spacial score (nSPS) is 30.5. The molecule has 0 heterocycles. The van der Waals surface area contributed by atoms with Gasteiger partial charge in [-0.2, -0.15) is 0 Å². The molecule has 1 saturated carbocycles. The summed E-state index contributed by atoms with van der Waals surface area (Å²) < 4.78 is 0. The Kier molecular flexibility index (Phi) is 4.62. The second-order valence-corrected chi connectivity index (χ2v) is 3.93. The molecule has 3 N–H and O–H groups in total. The minimum absolute atomic E-state index is 0.822. The molecule has 0 aromatic rings.